The summed E-state index contributed by atoms with van der Waals surface area (Å²) in [6.45, 7) is 3.78. The van der Waals surface area contributed by atoms with Crippen molar-refractivity contribution in [1.82, 2.24) is 14.8 Å². The van der Waals surface area contributed by atoms with E-state index in [9.17, 15) is 9.59 Å². The number of carbonyl (C=O) groups is 2. The molecule has 1 saturated carbocycles. The van der Waals surface area contributed by atoms with Gasteiger partial charge in [-0.05, 0) is 26.7 Å². The number of Topliss-reactive ketones (excluding diaryl/α,β-unsaturated/α-hetero) is 1. The molecule has 0 atom stereocenters. The first kappa shape index (κ1) is 14.7. The minimum atomic E-state index is -0.205. The van der Waals surface area contributed by atoms with E-state index in [0.29, 0.717) is 38.3 Å². The average molecular weight is 279 g/mol. The highest BCUT2D eigenvalue weighted by Gasteiger charge is 2.29. The van der Waals surface area contributed by atoms with Crippen molar-refractivity contribution in [1.29, 1.82) is 0 Å². The van der Waals surface area contributed by atoms with Gasteiger partial charge >= 0.3 is 5.97 Å². The molecule has 0 saturated heterocycles. The summed E-state index contributed by atoms with van der Waals surface area (Å²) in [7, 11) is 0. The van der Waals surface area contributed by atoms with Crippen LogP contribution in [0.5, 0.6) is 0 Å². The largest absolute Gasteiger partial charge is 0.466 e. The standard InChI is InChI=1S/C14H21N3O3/c1-3-20-14(19)9-8-13-16-15-12(7-4-10(2)18)17(13)11-5-6-11/h11H,3-9H2,1-2H3. The van der Waals surface area contributed by atoms with Crippen LogP contribution in [0.4, 0.5) is 0 Å². The highest BCUT2D eigenvalue weighted by atomic mass is 16.5. The lowest BCUT2D eigenvalue weighted by molar-refractivity contribution is -0.143. The highest BCUT2D eigenvalue weighted by molar-refractivity contribution is 5.75. The maximum absolute atomic E-state index is 11.4. The van der Waals surface area contributed by atoms with Crippen LogP contribution in [0.15, 0.2) is 0 Å². The fourth-order valence-corrected chi connectivity index (χ4v) is 2.19. The Balaban J connectivity index is 2.01. The van der Waals surface area contributed by atoms with Gasteiger partial charge in [-0.3, -0.25) is 4.79 Å². The number of ketones is 1. The van der Waals surface area contributed by atoms with E-state index in [-0.39, 0.29) is 11.8 Å². The summed E-state index contributed by atoms with van der Waals surface area (Å²) in [5, 5.41) is 8.36. The number of esters is 1. The van der Waals surface area contributed by atoms with E-state index in [0.717, 1.165) is 24.5 Å². The monoisotopic (exact) mass is 279 g/mol. The summed E-state index contributed by atoms with van der Waals surface area (Å²) in [6, 6.07) is 0.448. The SMILES string of the molecule is CCOC(=O)CCc1nnc(CCC(C)=O)n1C1CC1. The maximum Gasteiger partial charge on any atom is 0.306 e. The van der Waals surface area contributed by atoms with Crippen LogP contribution in [0.25, 0.3) is 0 Å². The number of carbonyl (C=O) groups excluding carboxylic acids is 2. The molecule has 1 aliphatic carbocycles. The third-order valence-electron chi connectivity index (χ3n) is 3.31. The second kappa shape index (κ2) is 6.63. The number of hydrogen-bond acceptors (Lipinski definition) is 5. The molecular formula is C14H21N3O3. The van der Waals surface area contributed by atoms with Crippen molar-refractivity contribution in [2.45, 2.75) is 58.4 Å². The Morgan fingerprint density at radius 1 is 1.20 bits per heavy atom. The fraction of sp³-hybridized carbons (Fsp3) is 0.714. The van der Waals surface area contributed by atoms with E-state index in [1.807, 2.05) is 0 Å². The van der Waals surface area contributed by atoms with E-state index in [4.69, 9.17) is 4.74 Å². The Bertz CT molecular complexity index is 492. The van der Waals surface area contributed by atoms with Gasteiger partial charge in [0, 0.05) is 25.3 Å². The molecule has 0 aliphatic heterocycles. The summed E-state index contributed by atoms with van der Waals surface area (Å²) in [4.78, 5) is 22.5. The number of nitrogens with zero attached hydrogens (tertiary/aromatic N) is 3. The fourth-order valence-electron chi connectivity index (χ4n) is 2.19. The predicted octanol–water partition coefficient (Wildman–Crippen LogP) is 1.63. The van der Waals surface area contributed by atoms with Gasteiger partial charge in [0.05, 0.1) is 13.0 Å². The maximum atomic E-state index is 11.4. The molecule has 2 rings (SSSR count). The number of aryl methyl sites for hydroxylation is 2. The van der Waals surface area contributed by atoms with Gasteiger partial charge in [0.25, 0.3) is 0 Å². The summed E-state index contributed by atoms with van der Waals surface area (Å²) in [6.07, 6.45) is 4.23. The molecule has 1 aromatic heterocycles. The molecule has 20 heavy (non-hydrogen) atoms. The van der Waals surface area contributed by atoms with Crippen LogP contribution >= 0.6 is 0 Å². The zero-order valence-corrected chi connectivity index (χ0v) is 12.1. The lowest BCUT2D eigenvalue weighted by Gasteiger charge is -2.08. The Morgan fingerprint density at radius 3 is 2.30 bits per heavy atom. The predicted molar refractivity (Wildman–Crippen MR) is 72.2 cm³/mol. The van der Waals surface area contributed by atoms with Crippen molar-refractivity contribution in [2.24, 2.45) is 0 Å². The van der Waals surface area contributed by atoms with Gasteiger partial charge in [-0.15, -0.1) is 10.2 Å². The van der Waals surface area contributed by atoms with Crippen molar-refractivity contribution >= 4 is 11.8 Å². The molecule has 0 bridgehead atoms. The van der Waals surface area contributed by atoms with Crippen molar-refractivity contribution in [3.63, 3.8) is 0 Å². The molecule has 0 spiro atoms. The molecule has 110 valence electrons. The highest BCUT2D eigenvalue weighted by Crippen LogP contribution is 2.37. The van der Waals surface area contributed by atoms with Gasteiger partial charge in [-0.25, -0.2) is 0 Å². The zero-order valence-electron chi connectivity index (χ0n) is 12.1. The van der Waals surface area contributed by atoms with Gasteiger partial charge in [0.2, 0.25) is 0 Å². The van der Waals surface area contributed by atoms with E-state index < -0.39 is 0 Å². The number of ether oxygens (including phenoxy) is 1. The van der Waals surface area contributed by atoms with Crippen molar-refractivity contribution in [2.75, 3.05) is 6.61 Å². The first-order valence-corrected chi connectivity index (χ1v) is 7.19. The van der Waals surface area contributed by atoms with Crippen molar-refractivity contribution in [3.05, 3.63) is 11.6 Å². The Hall–Kier alpha value is -1.72. The van der Waals surface area contributed by atoms with Gasteiger partial charge in [-0.2, -0.15) is 0 Å². The third-order valence-corrected chi connectivity index (χ3v) is 3.31. The minimum absolute atomic E-state index is 0.156. The summed E-state index contributed by atoms with van der Waals surface area (Å²) in [5.74, 6) is 1.65. The quantitative estimate of drug-likeness (QED) is 0.676. The molecule has 0 N–H and O–H groups in total. The Morgan fingerprint density at radius 2 is 1.80 bits per heavy atom. The van der Waals surface area contributed by atoms with Gasteiger partial charge < -0.3 is 14.1 Å². The van der Waals surface area contributed by atoms with Crippen LogP contribution in [-0.2, 0) is 27.2 Å². The van der Waals surface area contributed by atoms with Crippen LogP contribution in [0.1, 0.15) is 57.2 Å². The molecular weight excluding hydrogens is 258 g/mol. The van der Waals surface area contributed by atoms with E-state index in [1.165, 1.54) is 0 Å². The molecule has 1 fully saturated rings. The van der Waals surface area contributed by atoms with E-state index in [1.54, 1.807) is 13.8 Å². The van der Waals surface area contributed by atoms with Gasteiger partial charge in [-0.1, -0.05) is 0 Å². The zero-order chi connectivity index (χ0) is 14.5. The normalized spacial score (nSPS) is 14.3. The molecule has 6 heteroatoms. The summed E-state index contributed by atoms with van der Waals surface area (Å²) in [5.41, 5.74) is 0. The molecule has 1 heterocycles. The number of aromatic nitrogens is 3. The van der Waals surface area contributed by atoms with Gasteiger partial charge in [0.1, 0.15) is 17.4 Å². The first-order chi connectivity index (χ1) is 9.61. The van der Waals surface area contributed by atoms with Crippen LogP contribution < -0.4 is 0 Å². The second-order valence-electron chi connectivity index (χ2n) is 5.14. The van der Waals surface area contributed by atoms with Crippen LogP contribution in [0, 0.1) is 0 Å². The Labute approximate surface area is 118 Å². The first-order valence-electron chi connectivity index (χ1n) is 7.19. The van der Waals surface area contributed by atoms with E-state index >= 15 is 0 Å². The molecule has 0 aromatic carbocycles. The Kier molecular flexibility index (Phi) is 4.87. The lowest BCUT2D eigenvalue weighted by atomic mass is 10.2. The smallest absolute Gasteiger partial charge is 0.306 e. The van der Waals surface area contributed by atoms with E-state index in [2.05, 4.69) is 14.8 Å². The molecule has 0 radical (unpaired) electrons. The lowest BCUT2D eigenvalue weighted by Crippen LogP contribution is -2.11. The second-order valence-corrected chi connectivity index (χ2v) is 5.14. The van der Waals surface area contributed by atoms with Crippen LogP contribution in [0.3, 0.4) is 0 Å². The molecule has 0 unspecified atom stereocenters. The summed E-state index contributed by atoms with van der Waals surface area (Å²) < 4.78 is 7.04. The summed E-state index contributed by atoms with van der Waals surface area (Å²) >= 11 is 0. The molecule has 6 nitrogen and oxygen atoms in total. The molecule has 1 aliphatic rings. The van der Waals surface area contributed by atoms with Crippen LogP contribution in [-0.4, -0.2) is 33.1 Å². The topological polar surface area (TPSA) is 74.1 Å². The minimum Gasteiger partial charge on any atom is -0.466 e. The average Bonchev–Trinajstić information content (AvgIpc) is 3.15. The number of rotatable bonds is 8. The van der Waals surface area contributed by atoms with Crippen molar-refractivity contribution < 1.29 is 14.3 Å². The molecule has 1 aromatic rings. The van der Waals surface area contributed by atoms with Gasteiger partial charge in [0.15, 0.2) is 0 Å². The van der Waals surface area contributed by atoms with Crippen molar-refractivity contribution in [3.8, 4) is 0 Å². The third kappa shape index (κ3) is 3.88. The molecule has 0 amide bonds. The number of hydrogen-bond donors (Lipinski definition) is 0. The van der Waals surface area contributed by atoms with Crippen LogP contribution in [0.2, 0.25) is 0 Å².